The molecular weight excluding hydrogens is 448 g/mol. The molecule has 9 nitrogen and oxygen atoms in total. The largest absolute Gasteiger partial charge is 0.493 e. The number of aromatic nitrogens is 1. The third kappa shape index (κ3) is 5.28. The van der Waals surface area contributed by atoms with Crippen LogP contribution in [-0.2, 0) is 27.9 Å². The van der Waals surface area contributed by atoms with E-state index >= 15 is 0 Å². The van der Waals surface area contributed by atoms with E-state index in [1.165, 1.54) is 0 Å². The van der Waals surface area contributed by atoms with Gasteiger partial charge in [-0.2, -0.15) is 0 Å². The maximum absolute atomic E-state index is 12.6. The van der Waals surface area contributed by atoms with E-state index in [0.717, 1.165) is 5.56 Å². The summed E-state index contributed by atoms with van der Waals surface area (Å²) >= 11 is 0. The summed E-state index contributed by atoms with van der Waals surface area (Å²) in [7, 11) is 1.66. The van der Waals surface area contributed by atoms with Crippen LogP contribution < -0.4 is 24.3 Å². The van der Waals surface area contributed by atoms with Crippen LogP contribution in [0.1, 0.15) is 17.0 Å². The van der Waals surface area contributed by atoms with Gasteiger partial charge in [0.25, 0.3) is 0 Å². The fourth-order valence-electron chi connectivity index (χ4n) is 3.31. The maximum Gasteiger partial charge on any atom is 0.232 e. The van der Waals surface area contributed by atoms with Gasteiger partial charge in [0, 0.05) is 22.9 Å². The summed E-state index contributed by atoms with van der Waals surface area (Å²) in [6.07, 6.45) is 0. The summed E-state index contributed by atoms with van der Waals surface area (Å²) in [5, 5.41) is 2.78. The third-order valence-electron chi connectivity index (χ3n) is 5.04. The Kier molecular flexibility index (Phi) is 6.83. The topological polar surface area (TPSA) is 109 Å². The van der Waals surface area contributed by atoms with Gasteiger partial charge in [0.15, 0.2) is 23.0 Å². The highest BCUT2D eigenvalue weighted by atomic mass is 32.2. The lowest BCUT2D eigenvalue weighted by Crippen LogP contribution is -2.28. The number of fused-ring (bicyclic) bond motifs is 1. The average Bonchev–Trinajstić information content (AvgIpc) is 3.43. The molecule has 3 aromatic rings. The number of nitrogens with one attached hydrogen (secondary N) is 1. The van der Waals surface area contributed by atoms with E-state index in [-0.39, 0.29) is 24.2 Å². The van der Waals surface area contributed by atoms with Gasteiger partial charge < -0.3 is 28.7 Å². The molecule has 1 amide bonds. The lowest BCUT2D eigenvalue weighted by Gasteiger charge is -2.07. The van der Waals surface area contributed by atoms with E-state index in [9.17, 15) is 9.00 Å². The van der Waals surface area contributed by atoms with Crippen LogP contribution >= 0.6 is 0 Å². The van der Waals surface area contributed by atoms with E-state index < -0.39 is 10.8 Å². The van der Waals surface area contributed by atoms with Crippen molar-refractivity contribution in [2.45, 2.75) is 19.2 Å². The Labute approximate surface area is 193 Å². The van der Waals surface area contributed by atoms with Gasteiger partial charge >= 0.3 is 0 Å². The van der Waals surface area contributed by atoms with Crippen molar-refractivity contribution in [3.8, 4) is 34.5 Å². The monoisotopic (exact) mass is 472 g/mol. The molecule has 0 saturated carbocycles. The van der Waals surface area contributed by atoms with Gasteiger partial charge in [0.2, 0.25) is 18.6 Å². The molecule has 0 bridgehead atoms. The lowest BCUT2D eigenvalue weighted by molar-refractivity contribution is -0.118. The number of methoxy groups -OCH3 is 2. The zero-order chi connectivity index (χ0) is 23.4. The minimum Gasteiger partial charge on any atom is -0.493 e. The molecule has 1 atom stereocenters. The summed E-state index contributed by atoms with van der Waals surface area (Å²) in [4.78, 5) is 16.7. The van der Waals surface area contributed by atoms with Crippen LogP contribution in [0, 0.1) is 6.92 Å². The molecule has 1 aliphatic rings. The molecule has 10 heteroatoms. The number of oxazole rings is 1. The van der Waals surface area contributed by atoms with E-state index in [2.05, 4.69) is 10.3 Å². The molecule has 0 spiro atoms. The van der Waals surface area contributed by atoms with Crippen molar-refractivity contribution >= 4 is 16.7 Å². The summed E-state index contributed by atoms with van der Waals surface area (Å²) in [5.41, 5.74) is 2.11. The van der Waals surface area contributed by atoms with Crippen LogP contribution in [0.4, 0.5) is 0 Å². The molecule has 0 radical (unpaired) electrons. The van der Waals surface area contributed by atoms with Crippen molar-refractivity contribution in [2.75, 3.05) is 26.8 Å². The number of aryl methyl sites for hydroxylation is 1. The Bertz CT molecular complexity index is 1190. The van der Waals surface area contributed by atoms with E-state index in [4.69, 9.17) is 23.4 Å². The molecular formula is C23H24N2O7S. The molecule has 4 rings (SSSR count). The van der Waals surface area contributed by atoms with Crippen molar-refractivity contribution in [2.24, 2.45) is 0 Å². The number of amides is 1. The molecule has 0 fully saturated rings. The van der Waals surface area contributed by atoms with Gasteiger partial charge in [-0.25, -0.2) is 4.98 Å². The fourth-order valence-corrected chi connectivity index (χ4v) is 4.38. The SMILES string of the molecule is COc1ccc(-c2nc(C[S@@](=O)CC(=O)NCc3ccc4c(c3)OCO4)c(C)o2)cc1OC. The Hall–Kier alpha value is -3.53. The highest BCUT2D eigenvalue weighted by Gasteiger charge is 2.18. The predicted molar refractivity (Wildman–Crippen MR) is 121 cm³/mol. The molecule has 33 heavy (non-hydrogen) atoms. The molecule has 174 valence electrons. The number of nitrogens with zero attached hydrogens (tertiary/aromatic N) is 1. The smallest absolute Gasteiger partial charge is 0.232 e. The van der Waals surface area contributed by atoms with Crippen LogP contribution in [-0.4, -0.2) is 41.9 Å². The second kappa shape index (κ2) is 9.95. The van der Waals surface area contributed by atoms with Gasteiger partial charge in [-0.1, -0.05) is 6.07 Å². The summed E-state index contributed by atoms with van der Waals surface area (Å²) < 4.78 is 39.5. The molecule has 1 aliphatic heterocycles. The normalized spacial score (nSPS) is 12.9. The van der Waals surface area contributed by atoms with Crippen LogP contribution in [0.15, 0.2) is 40.8 Å². The zero-order valence-electron chi connectivity index (χ0n) is 18.5. The van der Waals surface area contributed by atoms with Gasteiger partial charge in [0.05, 0.1) is 25.7 Å². The molecule has 2 heterocycles. The first-order chi connectivity index (χ1) is 16.0. The van der Waals surface area contributed by atoms with E-state index in [1.807, 2.05) is 12.1 Å². The average molecular weight is 473 g/mol. The van der Waals surface area contributed by atoms with Gasteiger partial charge in [-0.15, -0.1) is 0 Å². The highest BCUT2D eigenvalue weighted by molar-refractivity contribution is 7.84. The van der Waals surface area contributed by atoms with Crippen LogP contribution in [0.5, 0.6) is 23.0 Å². The Balaban J connectivity index is 1.34. The van der Waals surface area contributed by atoms with Crippen molar-refractivity contribution in [1.29, 1.82) is 0 Å². The minimum atomic E-state index is -1.45. The number of benzene rings is 2. The molecule has 1 N–H and O–H groups in total. The maximum atomic E-state index is 12.6. The van der Waals surface area contributed by atoms with Crippen LogP contribution in [0.3, 0.4) is 0 Å². The van der Waals surface area contributed by atoms with Crippen molar-refractivity contribution in [3.05, 3.63) is 53.4 Å². The molecule has 0 saturated heterocycles. The first-order valence-electron chi connectivity index (χ1n) is 10.2. The summed E-state index contributed by atoms with van der Waals surface area (Å²) in [6, 6.07) is 10.8. The van der Waals surface area contributed by atoms with Gasteiger partial charge in [-0.05, 0) is 42.8 Å². The molecule has 1 aromatic heterocycles. The van der Waals surface area contributed by atoms with E-state index in [0.29, 0.717) is 52.5 Å². The number of hydrogen-bond acceptors (Lipinski definition) is 8. The van der Waals surface area contributed by atoms with Gasteiger partial charge in [0.1, 0.15) is 11.5 Å². The van der Waals surface area contributed by atoms with Crippen LogP contribution in [0.25, 0.3) is 11.5 Å². The number of carbonyl (C=O) groups excluding carboxylic acids is 1. The van der Waals surface area contributed by atoms with Gasteiger partial charge in [-0.3, -0.25) is 9.00 Å². The molecule has 0 aliphatic carbocycles. The quantitative estimate of drug-likeness (QED) is 0.506. The highest BCUT2D eigenvalue weighted by Crippen LogP contribution is 2.33. The van der Waals surface area contributed by atoms with Crippen LogP contribution in [0.2, 0.25) is 0 Å². The number of ether oxygens (including phenoxy) is 4. The second-order valence-corrected chi connectivity index (χ2v) is 8.74. The third-order valence-corrected chi connectivity index (χ3v) is 6.22. The Morgan fingerprint density at radius 2 is 1.88 bits per heavy atom. The van der Waals surface area contributed by atoms with E-state index in [1.54, 1.807) is 45.4 Å². The van der Waals surface area contributed by atoms with Crippen molar-refractivity contribution in [1.82, 2.24) is 10.3 Å². The lowest BCUT2D eigenvalue weighted by atomic mass is 10.2. The number of rotatable bonds is 9. The Morgan fingerprint density at radius 1 is 1.09 bits per heavy atom. The first kappa shape index (κ1) is 22.7. The van der Waals surface area contributed by atoms with Crippen molar-refractivity contribution in [3.63, 3.8) is 0 Å². The minimum absolute atomic E-state index is 0.111. The number of carbonyl (C=O) groups is 1. The second-order valence-electron chi connectivity index (χ2n) is 7.28. The van der Waals surface area contributed by atoms with Crippen molar-refractivity contribution < 1.29 is 32.4 Å². The number of hydrogen-bond donors (Lipinski definition) is 1. The summed E-state index contributed by atoms with van der Waals surface area (Å²) in [5.74, 6) is 3.07. The molecule has 2 aromatic carbocycles. The fraction of sp³-hybridized carbons (Fsp3) is 0.304. The predicted octanol–water partition coefficient (Wildman–Crippen LogP) is 2.96. The Morgan fingerprint density at radius 3 is 2.67 bits per heavy atom. The zero-order valence-corrected chi connectivity index (χ0v) is 19.3. The standard InChI is InChI=1S/C23H24N2O7S/c1-14-17(25-23(32-14)16-5-7-18(28-2)20(9-16)29-3)11-33(27)12-22(26)24-10-15-4-6-19-21(8-15)31-13-30-19/h4-9H,10-13H2,1-3H3,(H,24,26)/t33-/m1/s1. The summed E-state index contributed by atoms with van der Waals surface area (Å²) in [6.45, 7) is 2.25. The molecule has 0 unspecified atom stereocenters. The first-order valence-corrected chi connectivity index (χ1v) is 11.6.